The van der Waals surface area contributed by atoms with Crippen molar-refractivity contribution >= 4 is 40.0 Å². The Morgan fingerprint density at radius 1 is 1.07 bits per heavy atom. The van der Waals surface area contributed by atoms with E-state index in [0.29, 0.717) is 19.0 Å². The monoisotopic (exact) mass is 516 g/mol. The maximum absolute atomic E-state index is 11.9. The van der Waals surface area contributed by atoms with Gasteiger partial charge in [0.05, 0.1) is 11.4 Å². The van der Waals surface area contributed by atoms with Crippen molar-refractivity contribution in [1.29, 1.82) is 0 Å². The zero-order valence-electron chi connectivity index (χ0n) is 16.7. The molecule has 0 saturated heterocycles. The number of benzene rings is 2. The van der Waals surface area contributed by atoms with E-state index in [1.807, 2.05) is 13.0 Å². The van der Waals surface area contributed by atoms with Crippen LogP contribution in [0.1, 0.15) is 29.2 Å². The summed E-state index contributed by atoms with van der Waals surface area (Å²) in [7, 11) is -2.05. The van der Waals surface area contributed by atoms with Crippen molar-refractivity contribution in [3.63, 3.8) is 0 Å². The fourth-order valence-corrected chi connectivity index (χ4v) is 3.46. The molecule has 0 fully saturated rings. The molecule has 0 heterocycles. The zero-order valence-corrected chi connectivity index (χ0v) is 19.9. The Morgan fingerprint density at radius 3 is 2.46 bits per heavy atom. The van der Waals surface area contributed by atoms with Crippen LogP contribution in [0, 0.1) is 13.8 Å². The molecule has 154 valence electrons. The van der Waals surface area contributed by atoms with Gasteiger partial charge in [-0.2, -0.15) is 0 Å². The van der Waals surface area contributed by atoms with Crippen molar-refractivity contribution in [2.75, 3.05) is 13.6 Å². The van der Waals surface area contributed by atoms with Crippen molar-refractivity contribution in [2.24, 2.45) is 4.99 Å². The summed E-state index contributed by atoms with van der Waals surface area (Å²) in [4.78, 5) is 4.82. The maximum atomic E-state index is 11.9. The molecule has 2 rings (SSSR count). The summed E-state index contributed by atoms with van der Waals surface area (Å²) in [5.74, 6) is 0.694. The van der Waals surface area contributed by atoms with Crippen molar-refractivity contribution in [3.8, 4) is 0 Å². The fraction of sp³-hybridized carbons (Fsp3) is 0.350. The second-order valence-electron chi connectivity index (χ2n) is 6.33. The molecule has 2 aromatic carbocycles. The number of hydrogen-bond donors (Lipinski definition) is 3. The third-order valence-electron chi connectivity index (χ3n) is 4.19. The second kappa shape index (κ2) is 11.4. The predicted molar refractivity (Wildman–Crippen MR) is 126 cm³/mol. The van der Waals surface area contributed by atoms with Gasteiger partial charge in [0, 0.05) is 13.1 Å². The van der Waals surface area contributed by atoms with Gasteiger partial charge in [0.1, 0.15) is 0 Å². The van der Waals surface area contributed by atoms with Crippen molar-refractivity contribution in [2.45, 2.75) is 38.8 Å². The van der Waals surface area contributed by atoms with Crippen molar-refractivity contribution in [3.05, 3.63) is 64.7 Å². The average Bonchev–Trinajstić information content (AvgIpc) is 2.65. The number of sulfonamides is 1. The minimum Gasteiger partial charge on any atom is -0.357 e. The number of nitrogens with one attached hydrogen (secondary N) is 3. The lowest BCUT2D eigenvalue weighted by atomic mass is 10.1. The van der Waals surface area contributed by atoms with E-state index >= 15 is 0 Å². The minimum absolute atomic E-state index is 0. The molecule has 8 heteroatoms. The van der Waals surface area contributed by atoms with Gasteiger partial charge in [-0.15, -0.1) is 24.0 Å². The number of nitrogens with zero attached hydrogens (tertiary/aromatic N) is 1. The summed E-state index contributed by atoms with van der Waals surface area (Å²) < 4.78 is 26.2. The van der Waals surface area contributed by atoms with E-state index in [-0.39, 0.29) is 28.9 Å². The molecule has 0 amide bonds. The Morgan fingerprint density at radius 2 is 1.82 bits per heavy atom. The van der Waals surface area contributed by atoms with Crippen LogP contribution in [0.5, 0.6) is 0 Å². The van der Waals surface area contributed by atoms with Crippen LogP contribution in [0.25, 0.3) is 0 Å². The molecule has 0 unspecified atom stereocenters. The molecular formula is C20H29IN4O2S. The SMILES string of the molecule is CCNC(=NCc1cccc(S(=O)(=O)NC)c1)NCc1ccc(C)cc1C.I. The van der Waals surface area contributed by atoms with Gasteiger partial charge in [0.15, 0.2) is 5.96 Å². The number of aliphatic imine (C=N–C) groups is 1. The third kappa shape index (κ3) is 7.06. The van der Waals surface area contributed by atoms with Crippen molar-refractivity contribution in [1.82, 2.24) is 15.4 Å². The van der Waals surface area contributed by atoms with Crippen LogP contribution in [0.2, 0.25) is 0 Å². The number of aryl methyl sites for hydroxylation is 2. The van der Waals surface area contributed by atoms with Gasteiger partial charge in [0.2, 0.25) is 10.0 Å². The van der Waals surface area contributed by atoms with E-state index < -0.39 is 10.0 Å². The third-order valence-corrected chi connectivity index (χ3v) is 5.60. The van der Waals surface area contributed by atoms with Crippen molar-refractivity contribution < 1.29 is 8.42 Å². The lowest BCUT2D eigenvalue weighted by Gasteiger charge is -2.13. The number of halogens is 1. The Balaban J connectivity index is 0.00000392. The van der Waals surface area contributed by atoms with Gasteiger partial charge in [-0.3, -0.25) is 0 Å². The van der Waals surface area contributed by atoms with E-state index in [9.17, 15) is 8.42 Å². The number of hydrogen-bond acceptors (Lipinski definition) is 3. The van der Waals surface area contributed by atoms with E-state index in [1.54, 1.807) is 18.2 Å². The minimum atomic E-state index is -3.45. The summed E-state index contributed by atoms with van der Waals surface area (Å²) in [5, 5.41) is 6.55. The van der Waals surface area contributed by atoms with Crippen LogP contribution in [0.15, 0.2) is 52.4 Å². The highest BCUT2D eigenvalue weighted by atomic mass is 127. The summed E-state index contributed by atoms with van der Waals surface area (Å²) in [6, 6.07) is 13.2. The molecule has 0 aliphatic heterocycles. The Hall–Kier alpha value is -1.65. The summed E-state index contributed by atoms with van der Waals surface area (Å²) in [6.45, 7) is 7.99. The topological polar surface area (TPSA) is 82.6 Å². The van der Waals surface area contributed by atoms with Gasteiger partial charge in [-0.1, -0.05) is 35.9 Å². The normalized spacial score (nSPS) is 11.6. The lowest BCUT2D eigenvalue weighted by Crippen LogP contribution is -2.36. The largest absolute Gasteiger partial charge is 0.357 e. The highest BCUT2D eigenvalue weighted by Crippen LogP contribution is 2.12. The fourth-order valence-electron chi connectivity index (χ4n) is 2.66. The smallest absolute Gasteiger partial charge is 0.240 e. The van der Waals surface area contributed by atoms with Gasteiger partial charge < -0.3 is 10.6 Å². The van der Waals surface area contributed by atoms with Gasteiger partial charge >= 0.3 is 0 Å². The first-order valence-electron chi connectivity index (χ1n) is 8.96. The first-order chi connectivity index (χ1) is 12.9. The molecule has 0 aliphatic rings. The van der Waals surface area contributed by atoms with Gasteiger partial charge in [0.25, 0.3) is 0 Å². The van der Waals surface area contributed by atoms with Crippen LogP contribution < -0.4 is 15.4 Å². The molecule has 28 heavy (non-hydrogen) atoms. The molecule has 0 aromatic heterocycles. The lowest BCUT2D eigenvalue weighted by molar-refractivity contribution is 0.588. The van der Waals surface area contributed by atoms with E-state index in [0.717, 1.165) is 12.1 Å². The van der Waals surface area contributed by atoms with Crippen LogP contribution in [0.3, 0.4) is 0 Å². The quantitative estimate of drug-likeness (QED) is 0.300. The zero-order chi connectivity index (χ0) is 19.9. The highest BCUT2D eigenvalue weighted by molar-refractivity contribution is 14.0. The predicted octanol–water partition coefficient (Wildman–Crippen LogP) is 3.08. The first kappa shape index (κ1) is 24.4. The highest BCUT2D eigenvalue weighted by Gasteiger charge is 2.11. The van der Waals surface area contributed by atoms with E-state index in [2.05, 4.69) is 52.4 Å². The molecule has 0 saturated carbocycles. The maximum Gasteiger partial charge on any atom is 0.240 e. The molecule has 2 aromatic rings. The standard InChI is InChI=1S/C20H28N4O2S.HI/c1-5-22-20(24-14-18-10-9-15(2)11-16(18)3)23-13-17-7-6-8-19(12-17)27(25,26)21-4;/h6-12,21H,5,13-14H2,1-4H3,(H2,22,23,24);1H. The number of rotatable bonds is 7. The Bertz CT molecular complexity index is 914. The molecule has 0 atom stereocenters. The van der Waals surface area contributed by atoms with Crippen LogP contribution in [-0.2, 0) is 23.1 Å². The molecule has 0 aliphatic carbocycles. The first-order valence-corrected chi connectivity index (χ1v) is 10.4. The second-order valence-corrected chi connectivity index (χ2v) is 8.22. The van der Waals surface area contributed by atoms with E-state index in [4.69, 9.17) is 0 Å². The van der Waals surface area contributed by atoms with Crippen LogP contribution in [-0.4, -0.2) is 28.0 Å². The molecule has 6 nitrogen and oxygen atoms in total. The summed E-state index contributed by atoms with van der Waals surface area (Å²) in [5.41, 5.74) is 4.53. The summed E-state index contributed by atoms with van der Waals surface area (Å²) >= 11 is 0. The summed E-state index contributed by atoms with van der Waals surface area (Å²) in [6.07, 6.45) is 0. The molecule has 0 radical (unpaired) electrons. The van der Waals surface area contributed by atoms with Gasteiger partial charge in [-0.25, -0.2) is 18.1 Å². The molecule has 3 N–H and O–H groups in total. The van der Waals surface area contributed by atoms with Gasteiger partial charge in [-0.05, 0) is 56.6 Å². The Kier molecular flexibility index (Phi) is 9.91. The number of guanidine groups is 1. The molecular weight excluding hydrogens is 487 g/mol. The van der Waals surface area contributed by atoms with Crippen LogP contribution in [0.4, 0.5) is 0 Å². The van der Waals surface area contributed by atoms with Crippen LogP contribution >= 0.6 is 24.0 Å². The van der Waals surface area contributed by atoms with E-state index in [1.165, 1.54) is 23.7 Å². The molecule has 0 bridgehead atoms. The molecule has 0 spiro atoms. The Labute approximate surface area is 185 Å². The average molecular weight is 516 g/mol.